The van der Waals surface area contributed by atoms with Gasteiger partial charge in [0.05, 0.1) is 5.69 Å². The third-order valence-electron chi connectivity index (χ3n) is 5.40. The Bertz CT molecular complexity index is 1260. The van der Waals surface area contributed by atoms with Crippen LogP contribution in [0.4, 0.5) is 10.2 Å². The van der Waals surface area contributed by atoms with Crippen molar-refractivity contribution in [1.29, 1.82) is 0 Å². The first kappa shape index (κ1) is 19.1. The van der Waals surface area contributed by atoms with E-state index in [1.807, 2.05) is 50.2 Å². The topological polar surface area (TPSA) is 72.7 Å². The van der Waals surface area contributed by atoms with Crippen LogP contribution in [-0.4, -0.2) is 25.7 Å². The number of fused-ring (bicyclic) bond motifs is 1. The molecule has 0 fully saturated rings. The fraction of sp³-hybridized carbons (Fsp3) is 0.167. The van der Waals surface area contributed by atoms with Crippen molar-refractivity contribution in [2.45, 2.75) is 26.2 Å². The molecule has 3 heterocycles. The number of halogens is 1. The number of hydrogen-bond acceptors (Lipinski definition) is 4. The van der Waals surface area contributed by atoms with Crippen molar-refractivity contribution < 1.29 is 9.18 Å². The Kier molecular flexibility index (Phi) is 4.58. The number of benzene rings is 2. The number of amides is 1. The van der Waals surface area contributed by atoms with E-state index in [4.69, 9.17) is 5.10 Å². The zero-order valence-electron chi connectivity index (χ0n) is 17.1. The molecular weight excluding hydrogens is 393 g/mol. The number of nitrogens with one attached hydrogen (secondary N) is 1. The molecule has 1 atom stereocenters. The molecule has 0 spiro atoms. The maximum atomic E-state index is 13.6. The van der Waals surface area contributed by atoms with Crippen LogP contribution in [0.5, 0.6) is 0 Å². The van der Waals surface area contributed by atoms with Gasteiger partial charge in [-0.3, -0.25) is 4.79 Å². The molecule has 0 bridgehead atoms. The first-order valence-corrected chi connectivity index (χ1v) is 10.1. The molecule has 0 saturated heterocycles. The largest absolute Gasteiger partial charge is 0.310 e. The summed E-state index contributed by atoms with van der Waals surface area (Å²) in [5, 5.41) is 7.82. The Morgan fingerprint density at radius 3 is 2.35 bits per heavy atom. The first-order valence-electron chi connectivity index (χ1n) is 10.1. The molecule has 4 aromatic rings. The number of aryl methyl sites for hydroxylation is 2. The number of hydrogen-bond donors (Lipinski definition) is 1. The number of carbonyl (C=O) groups excluding carboxylic acids is 1. The summed E-state index contributed by atoms with van der Waals surface area (Å²) in [5.41, 5.74) is 5.02. The number of carbonyl (C=O) groups is 1. The quantitative estimate of drug-likeness (QED) is 0.534. The molecule has 0 unspecified atom stereocenters. The van der Waals surface area contributed by atoms with Crippen molar-refractivity contribution >= 4 is 11.7 Å². The van der Waals surface area contributed by atoms with Gasteiger partial charge in [0, 0.05) is 34.9 Å². The summed E-state index contributed by atoms with van der Waals surface area (Å²) in [6, 6.07) is 18.0. The first-order chi connectivity index (χ1) is 15.0. The van der Waals surface area contributed by atoms with Gasteiger partial charge in [-0.25, -0.2) is 14.4 Å². The average Bonchev–Trinajstić information content (AvgIpc) is 3.13. The summed E-state index contributed by atoms with van der Waals surface area (Å²) in [6.45, 7) is 3.79. The minimum Gasteiger partial charge on any atom is -0.310 e. The van der Waals surface area contributed by atoms with Crippen LogP contribution in [0.3, 0.4) is 0 Å². The highest BCUT2D eigenvalue weighted by atomic mass is 19.1. The maximum Gasteiger partial charge on any atom is 0.252 e. The number of anilines is 1. The van der Waals surface area contributed by atoms with E-state index in [-0.39, 0.29) is 24.1 Å². The van der Waals surface area contributed by atoms with Gasteiger partial charge in [0.2, 0.25) is 5.91 Å². The van der Waals surface area contributed by atoms with E-state index in [2.05, 4.69) is 15.3 Å². The molecule has 31 heavy (non-hydrogen) atoms. The summed E-state index contributed by atoms with van der Waals surface area (Å²) in [6.07, 6.45) is 0.248. The fourth-order valence-electron chi connectivity index (χ4n) is 4.09. The lowest BCUT2D eigenvalue weighted by Crippen LogP contribution is -2.25. The van der Waals surface area contributed by atoms with E-state index in [0.717, 1.165) is 33.8 Å². The summed E-state index contributed by atoms with van der Waals surface area (Å²) in [4.78, 5) is 21.8. The minimum absolute atomic E-state index is 0.132. The van der Waals surface area contributed by atoms with Gasteiger partial charge in [0.1, 0.15) is 11.6 Å². The molecule has 0 saturated carbocycles. The van der Waals surface area contributed by atoms with Gasteiger partial charge in [-0.15, -0.1) is 0 Å². The van der Waals surface area contributed by atoms with E-state index in [1.54, 1.807) is 16.8 Å². The standard InChI is InChI=1S/C24H20FN5O/c1-14-12-15(2)27-24(26-14)30-23-21(22(29-30)17-6-4-3-5-7-17)19(13-20(31)28-23)16-8-10-18(25)11-9-16/h3-12,19H,13H2,1-2H3,(H,28,31)/t19-/m0/s1. The van der Waals surface area contributed by atoms with Crippen molar-refractivity contribution in [3.8, 4) is 17.2 Å². The third-order valence-corrected chi connectivity index (χ3v) is 5.40. The van der Waals surface area contributed by atoms with E-state index in [9.17, 15) is 9.18 Å². The van der Waals surface area contributed by atoms with Gasteiger partial charge < -0.3 is 5.32 Å². The highest BCUT2D eigenvalue weighted by molar-refractivity contribution is 5.96. The van der Waals surface area contributed by atoms with Crippen LogP contribution in [-0.2, 0) is 4.79 Å². The van der Waals surface area contributed by atoms with Crippen molar-refractivity contribution in [3.05, 3.63) is 89.0 Å². The minimum atomic E-state index is -0.313. The highest BCUT2D eigenvalue weighted by Crippen LogP contribution is 2.43. The average molecular weight is 413 g/mol. The lowest BCUT2D eigenvalue weighted by Gasteiger charge is -2.24. The predicted octanol–water partition coefficient (Wildman–Crippen LogP) is 4.56. The second-order valence-electron chi connectivity index (χ2n) is 7.70. The van der Waals surface area contributed by atoms with E-state index >= 15 is 0 Å². The Balaban J connectivity index is 1.78. The third kappa shape index (κ3) is 3.48. The Morgan fingerprint density at radius 1 is 1.00 bits per heavy atom. The van der Waals surface area contributed by atoms with Crippen LogP contribution in [0, 0.1) is 19.7 Å². The molecule has 2 aromatic carbocycles. The maximum absolute atomic E-state index is 13.6. The van der Waals surface area contributed by atoms with Crippen LogP contribution in [0.1, 0.15) is 34.9 Å². The fourth-order valence-corrected chi connectivity index (χ4v) is 4.09. The lowest BCUT2D eigenvalue weighted by atomic mass is 9.84. The molecular formula is C24H20FN5O. The Labute approximate surface area is 178 Å². The summed E-state index contributed by atoms with van der Waals surface area (Å²) in [5.74, 6) is 0.239. The summed E-state index contributed by atoms with van der Waals surface area (Å²) >= 11 is 0. The van der Waals surface area contributed by atoms with Crippen LogP contribution < -0.4 is 5.32 Å². The summed E-state index contributed by atoms with van der Waals surface area (Å²) < 4.78 is 15.2. The molecule has 1 N–H and O–H groups in total. The van der Waals surface area contributed by atoms with Crippen molar-refractivity contribution in [3.63, 3.8) is 0 Å². The number of rotatable bonds is 3. The van der Waals surface area contributed by atoms with Crippen molar-refractivity contribution in [2.75, 3.05) is 5.32 Å². The second-order valence-corrected chi connectivity index (χ2v) is 7.70. The Morgan fingerprint density at radius 2 is 1.68 bits per heavy atom. The van der Waals surface area contributed by atoms with Gasteiger partial charge in [0.15, 0.2) is 0 Å². The molecule has 154 valence electrons. The van der Waals surface area contributed by atoms with E-state index in [1.165, 1.54) is 12.1 Å². The van der Waals surface area contributed by atoms with Crippen LogP contribution >= 0.6 is 0 Å². The summed E-state index contributed by atoms with van der Waals surface area (Å²) in [7, 11) is 0. The van der Waals surface area contributed by atoms with E-state index < -0.39 is 0 Å². The molecule has 5 rings (SSSR count). The molecule has 6 nitrogen and oxygen atoms in total. The molecule has 2 aromatic heterocycles. The highest BCUT2D eigenvalue weighted by Gasteiger charge is 2.35. The van der Waals surface area contributed by atoms with E-state index in [0.29, 0.717) is 11.8 Å². The molecule has 0 aliphatic carbocycles. The second kappa shape index (κ2) is 7.43. The van der Waals surface area contributed by atoms with Gasteiger partial charge in [-0.2, -0.15) is 9.78 Å². The van der Waals surface area contributed by atoms with Crippen molar-refractivity contribution in [2.24, 2.45) is 0 Å². The molecule has 0 radical (unpaired) electrons. The zero-order valence-corrected chi connectivity index (χ0v) is 17.1. The molecule has 1 aliphatic heterocycles. The Hall–Kier alpha value is -3.87. The number of nitrogens with zero attached hydrogens (tertiary/aromatic N) is 4. The molecule has 1 aliphatic rings. The lowest BCUT2D eigenvalue weighted by molar-refractivity contribution is -0.116. The van der Waals surface area contributed by atoms with Crippen LogP contribution in [0.15, 0.2) is 60.7 Å². The van der Waals surface area contributed by atoms with Crippen molar-refractivity contribution in [1.82, 2.24) is 19.7 Å². The van der Waals surface area contributed by atoms with Gasteiger partial charge >= 0.3 is 0 Å². The SMILES string of the molecule is Cc1cc(C)nc(-n2nc(-c3ccccc3)c3c2NC(=O)C[C@H]3c2ccc(F)cc2)n1. The number of aromatic nitrogens is 4. The van der Waals surface area contributed by atoms with Gasteiger partial charge in [0.25, 0.3) is 5.95 Å². The van der Waals surface area contributed by atoms with Crippen LogP contribution in [0.2, 0.25) is 0 Å². The molecule has 1 amide bonds. The monoisotopic (exact) mass is 413 g/mol. The molecule has 7 heteroatoms. The van der Waals surface area contributed by atoms with Gasteiger partial charge in [-0.05, 0) is 37.6 Å². The zero-order chi connectivity index (χ0) is 21.5. The normalized spacial score (nSPS) is 15.5. The smallest absolute Gasteiger partial charge is 0.252 e. The van der Waals surface area contributed by atoms with Crippen LogP contribution in [0.25, 0.3) is 17.2 Å². The predicted molar refractivity (Wildman–Crippen MR) is 116 cm³/mol. The van der Waals surface area contributed by atoms with Gasteiger partial charge in [-0.1, -0.05) is 42.5 Å².